The fraction of sp³-hybridized carbons (Fsp3) is 0.562. The highest BCUT2D eigenvalue weighted by atomic mass is 19.1. The smallest absolute Gasteiger partial charge is 0.124 e. The maximum Gasteiger partial charge on any atom is 0.124 e. The third kappa shape index (κ3) is 3.09. The molecule has 4 nitrogen and oxygen atoms in total. The van der Waals surface area contributed by atoms with Crippen molar-refractivity contribution in [1.82, 2.24) is 9.80 Å². The van der Waals surface area contributed by atoms with Crippen LogP contribution < -0.4 is 5.73 Å². The molecule has 0 aromatic heterocycles. The minimum atomic E-state index is -0.315. The summed E-state index contributed by atoms with van der Waals surface area (Å²) in [5, 5.41) is 7.48. The quantitative estimate of drug-likeness (QED) is 0.659. The zero-order valence-corrected chi connectivity index (χ0v) is 12.5. The molecule has 2 heterocycles. The van der Waals surface area contributed by atoms with Crippen LogP contribution in [0.3, 0.4) is 0 Å². The molecule has 3 rings (SSSR count). The number of nitrogens with two attached hydrogens (primary N) is 1. The summed E-state index contributed by atoms with van der Waals surface area (Å²) < 4.78 is 13.7. The SMILES string of the molecule is CC1CN2CCCC2CN1Cc1cc(F)cc(C(=N)N)c1. The van der Waals surface area contributed by atoms with Gasteiger partial charge in [-0.2, -0.15) is 0 Å². The average Bonchev–Trinajstić information content (AvgIpc) is 2.85. The number of hydrogen-bond acceptors (Lipinski definition) is 3. The molecule has 0 saturated carbocycles. The van der Waals surface area contributed by atoms with Crippen LogP contribution in [0, 0.1) is 11.2 Å². The molecular formula is C16H23FN4. The molecule has 1 aromatic carbocycles. The highest BCUT2D eigenvalue weighted by Crippen LogP contribution is 2.26. The number of nitrogens with one attached hydrogen (secondary N) is 1. The molecule has 5 heteroatoms. The number of piperazine rings is 1. The minimum absolute atomic E-state index is 0.0792. The molecule has 1 aromatic rings. The molecule has 0 bridgehead atoms. The summed E-state index contributed by atoms with van der Waals surface area (Å²) in [6, 6.07) is 5.84. The van der Waals surface area contributed by atoms with Crippen molar-refractivity contribution in [2.45, 2.75) is 38.4 Å². The molecule has 2 aliphatic heterocycles. The fourth-order valence-corrected chi connectivity index (χ4v) is 3.60. The first kappa shape index (κ1) is 14.5. The third-order valence-corrected chi connectivity index (χ3v) is 4.72. The van der Waals surface area contributed by atoms with Crippen molar-refractivity contribution in [1.29, 1.82) is 5.41 Å². The molecule has 0 radical (unpaired) electrons. The normalized spacial score (nSPS) is 26.8. The van der Waals surface area contributed by atoms with E-state index in [1.54, 1.807) is 6.07 Å². The minimum Gasteiger partial charge on any atom is -0.384 e. The summed E-state index contributed by atoms with van der Waals surface area (Å²) in [6.07, 6.45) is 2.56. The predicted octanol–water partition coefficient (Wildman–Crippen LogP) is 1.78. The second-order valence-electron chi connectivity index (χ2n) is 6.33. The van der Waals surface area contributed by atoms with Crippen LogP contribution in [0.5, 0.6) is 0 Å². The molecule has 0 spiro atoms. The summed E-state index contributed by atoms with van der Waals surface area (Å²) in [6.45, 7) is 6.33. The second-order valence-corrected chi connectivity index (χ2v) is 6.33. The van der Waals surface area contributed by atoms with E-state index in [0.29, 0.717) is 17.6 Å². The van der Waals surface area contributed by atoms with Crippen molar-refractivity contribution in [3.05, 3.63) is 35.1 Å². The van der Waals surface area contributed by atoms with Crippen LogP contribution in [0.25, 0.3) is 0 Å². The highest BCUT2D eigenvalue weighted by Gasteiger charge is 2.34. The zero-order valence-electron chi connectivity index (χ0n) is 12.5. The lowest BCUT2D eigenvalue weighted by molar-refractivity contribution is 0.0540. The van der Waals surface area contributed by atoms with Gasteiger partial charge in [-0.25, -0.2) is 4.39 Å². The Kier molecular flexibility index (Phi) is 3.95. The van der Waals surface area contributed by atoms with Crippen molar-refractivity contribution in [3.8, 4) is 0 Å². The van der Waals surface area contributed by atoms with Gasteiger partial charge in [0, 0.05) is 37.3 Å². The number of nitrogens with zero attached hydrogens (tertiary/aromatic N) is 2. The summed E-state index contributed by atoms with van der Waals surface area (Å²) in [5.74, 6) is -0.394. The number of hydrogen-bond donors (Lipinski definition) is 2. The molecule has 2 aliphatic rings. The van der Waals surface area contributed by atoms with Gasteiger partial charge in [0.2, 0.25) is 0 Å². The Labute approximate surface area is 125 Å². The second kappa shape index (κ2) is 5.73. The average molecular weight is 290 g/mol. The van der Waals surface area contributed by atoms with Gasteiger partial charge in [0.1, 0.15) is 11.7 Å². The monoisotopic (exact) mass is 290 g/mol. The summed E-state index contributed by atoms with van der Waals surface area (Å²) in [5.41, 5.74) is 6.85. The van der Waals surface area contributed by atoms with Gasteiger partial charge in [0.05, 0.1) is 0 Å². The van der Waals surface area contributed by atoms with E-state index in [1.807, 2.05) is 6.07 Å². The van der Waals surface area contributed by atoms with Gasteiger partial charge in [-0.05, 0) is 50.1 Å². The maximum atomic E-state index is 13.7. The molecule has 0 amide bonds. The van der Waals surface area contributed by atoms with Gasteiger partial charge in [-0.1, -0.05) is 0 Å². The van der Waals surface area contributed by atoms with E-state index in [2.05, 4.69) is 16.7 Å². The van der Waals surface area contributed by atoms with Crippen molar-refractivity contribution < 1.29 is 4.39 Å². The van der Waals surface area contributed by atoms with E-state index in [0.717, 1.165) is 25.2 Å². The van der Waals surface area contributed by atoms with Gasteiger partial charge >= 0.3 is 0 Å². The molecule has 2 unspecified atom stereocenters. The van der Waals surface area contributed by atoms with E-state index in [9.17, 15) is 4.39 Å². The number of rotatable bonds is 3. The molecule has 2 saturated heterocycles. The first-order valence-corrected chi connectivity index (χ1v) is 7.65. The first-order valence-electron chi connectivity index (χ1n) is 7.65. The van der Waals surface area contributed by atoms with E-state index in [1.165, 1.54) is 25.5 Å². The van der Waals surface area contributed by atoms with Crippen LogP contribution >= 0.6 is 0 Å². The predicted molar refractivity (Wildman–Crippen MR) is 81.9 cm³/mol. The van der Waals surface area contributed by atoms with Crippen LogP contribution in [0.4, 0.5) is 4.39 Å². The maximum absolute atomic E-state index is 13.7. The lowest BCUT2D eigenvalue weighted by atomic mass is 10.0. The van der Waals surface area contributed by atoms with E-state index in [4.69, 9.17) is 11.1 Å². The molecule has 2 fully saturated rings. The van der Waals surface area contributed by atoms with Crippen molar-refractivity contribution >= 4 is 5.84 Å². The largest absolute Gasteiger partial charge is 0.384 e. The zero-order chi connectivity index (χ0) is 15.0. The Bertz CT molecular complexity index is 545. The lowest BCUT2D eigenvalue weighted by Gasteiger charge is -2.42. The number of nitrogen functional groups attached to an aromatic ring is 1. The Balaban J connectivity index is 1.75. The van der Waals surface area contributed by atoms with Crippen molar-refractivity contribution in [2.24, 2.45) is 5.73 Å². The van der Waals surface area contributed by atoms with Crippen molar-refractivity contribution in [2.75, 3.05) is 19.6 Å². The number of amidine groups is 1. The number of fused-ring (bicyclic) bond motifs is 1. The van der Waals surface area contributed by atoms with Gasteiger partial charge in [-0.3, -0.25) is 15.2 Å². The highest BCUT2D eigenvalue weighted by molar-refractivity contribution is 5.95. The van der Waals surface area contributed by atoms with Crippen LogP contribution in [-0.2, 0) is 6.54 Å². The molecular weight excluding hydrogens is 267 g/mol. The van der Waals surface area contributed by atoms with Gasteiger partial charge in [0.15, 0.2) is 0 Å². The van der Waals surface area contributed by atoms with E-state index >= 15 is 0 Å². The van der Waals surface area contributed by atoms with Crippen LogP contribution in [-0.4, -0.2) is 47.4 Å². The molecule has 21 heavy (non-hydrogen) atoms. The topological polar surface area (TPSA) is 56.4 Å². The van der Waals surface area contributed by atoms with Gasteiger partial charge < -0.3 is 5.73 Å². The summed E-state index contributed by atoms with van der Waals surface area (Å²) in [7, 11) is 0. The Morgan fingerprint density at radius 3 is 2.95 bits per heavy atom. The van der Waals surface area contributed by atoms with Gasteiger partial charge in [-0.15, -0.1) is 0 Å². The van der Waals surface area contributed by atoms with Gasteiger partial charge in [0.25, 0.3) is 0 Å². The van der Waals surface area contributed by atoms with Crippen molar-refractivity contribution in [3.63, 3.8) is 0 Å². The lowest BCUT2D eigenvalue weighted by Crippen LogP contribution is -2.54. The van der Waals surface area contributed by atoms with Crippen LogP contribution in [0.15, 0.2) is 18.2 Å². The fourth-order valence-electron chi connectivity index (χ4n) is 3.60. The Hall–Kier alpha value is -1.46. The molecule has 0 aliphatic carbocycles. The van der Waals surface area contributed by atoms with Crippen LogP contribution in [0.1, 0.15) is 30.9 Å². The first-order chi connectivity index (χ1) is 10.0. The molecule has 2 atom stereocenters. The Morgan fingerprint density at radius 2 is 2.19 bits per heavy atom. The summed E-state index contributed by atoms with van der Waals surface area (Å²) in [4.78, 5) is 5.00. The number of benzene rings is 1. The number of halogens is 1. The Morgan fingerprint density at radius 1 is 1.38 bits per heavy atom. The molecule has 3 N–H and O–H groups in total. The van der Waals surface area contributed by atoms with E-state index in [-0.39, 0.29) is 11.7 Å². The van der Waals surface area contributed by atoms with Crippen LogP contribution in [0.2, 0.25) is 0 Å². The van der Waals surface area contributed by atoms with E-state index < -0.39 is 0 Å². The third-order valence-electron chi connectivity index (χ3n) is 4.72. The molecule has 114 valence electrons. The standard InChI is InChI=1S/C16H23FN4/c1-11-8-20-4-2-3-15(20)10-21(11)9-12-5-13(16(18)19)7-14(17)6-12/h5-7,11,15H,2-4,8-10H2,1H3,(H3,18,19). The summed E-state index contributed by atoms with van der Waals surface area (Å²) >= 11 is 0.